The topological polar surface area (TPSA) is 76.7 Å². The first-order chi connectivity index (χ1) is 6.24. The van der Waals surface area contributed by atoms with Gasteiger partial charge in [0.25, 0.3) is 0 Å². The number of nitrogens with zero attached hydrogens (tertiary/aromatic N) is 1. The second-order valence-electron chi connectivity index (χ2n) is 2.18. The highest BCUT2D eigenvalue weighted by Crippen LogP contribution is 2.09. The molecule has 0 unspecified atom stereocenters. The molecule has 0 saturated carbocycles. The van der Waals surface area contributed by atoms with Gasteiger partial charge in [-0.05, 0) is 18.4 Å². The van der Waals surface area contributed by atoms with E-state index in [0.717, 1.165) is 4.88 Å². The number of hydrazine groups is 1. The van der Waals surface area contributed by atoms with Gasteiger partial charge >= 0.3 is 6.09 Å². The maximum atomic E-state index is 10.5. The molecule has 5 nitrogen and oxygen atoms in total. The fourth-order valence-electron chi connectivity index (χ4n) is 0.666. The largest absolute Gasteiger partial charge is 0.447 e. The van der Waals surface area contributed by atoms with Gasteiger partial charge in [0.1, 0.15) is 0 Å². The molecule has 0 fully saturated rings. The fourth-order valence-corrected chi connectivity index (χ4v) is 1.33. The Kier molecular flexibility index (Phi) is 3.41. The first kappa shape index (κ1) is 9.69. The van der Waals surface area contributed by atoms with Gasteiger partial charge in [-0.2, -0.15) is 0 Å². The second-order valence-corrected chi connectivity index (χ2v) is 3.12. The number of oxime groups is 1. The van der Waals surface area contributed by atoms with Crippen LogP contribution in [0.3, 0.4) is 0 Å². The van der Waals surface area contributed by atoms with Crippen molar-refractivity contribution in [2.75, 3.05) is 0 Å². The van der Waals surface area contributed by atoms with Crippen LogP contribution in [0, 0.1) is 0 Å². The van der Waals surface area contributed by atoms with Crippen LogP contribution in [0.2, 0.25) is 0 Å². The van der Waals surface area contributed by atoms with E-state index in [0.29, 0.717) is 5.71 Å². The molecular weight excluding hydrogens is 190 g/mol. The van der Waals surface area contributed by atoms with Crippen molar-refractivity contribution in [2.24, 2.45) is 11.0 Å². The van der Waals surface area contributed by atoms with Gasteiger partial charge in [-0.1, -0.05) is 11.2 Å². The highest BCUT2D eigenvalue weighted by atomic mass is 32.1. The zero-order valence-corrected chi connectivity index (χ0v) is 7.80. The van der Waals surface area contributed by atoms with Gasteiger partial charge in [0.2, 0.25) is 0 Å². The van der Waals surface area contributed by atoms with Crippen LogP contribution in [0.4, 0.5) is 4.79 Å². The molecular formula is C7H9N3O2S. The van der Waals surface area contributed by atoms with E-state index in [1.165, 1.54) is 11.3 Å². The van der Waals surface area contributed by atoms with Gasteiger partial charge in [0.15, 0.2) is 0 Å². The Balaban J connectivity index is 2.57. The SMILES string of the molecule is CC(=NOC(=O)NN)c1cccs1. The predicted octanol–water partition coefficient (Wildman–Crippen LogP) is 1.07. The molecule has 6 heteroatoms. The second kappa shape index (κ2) is 4.58. The average Bonchev–Trinajstić information content (AvgIpc) is 2.66. The fraction of sp³-hybridized carbons (Fsp3) is 0.143. The predicted molar refractivity (Wildman–Crippen MR) is 50.3 cm³/mol. The zero-order chi connectivity index (χ0) is 9.68. The zero-order valence-electron chi connectivity index (χ0n) is 6.98. The lowest BCUT2D eigenvalue weighted by Crippen LogP contribution is -2.29. The molecule has 70 valence electrons. The molecule has 1 aromatic heterocycles. The van der Waals surface area contributed by atoms with Crippen LogP contribution >= 0.6 is 11.3 Å². The first-order valence-corrected chi connectivity index (χ1v) is 4.38. The molecule has 0 aliphatic heterocycles. The average molecular weight is 199 g/mol. The lowest BCUT2D eigenvalue weighted by molar-refractivity contribution is 0.151. The van der Waals surface area contributed by atoms with Crippen molar-refractivity contribution in [1.29, 1.82) is 0 Å². The molecule has 3 N–H and O–H groups in total. The van der Waals surface area contributed by atoms with Gasteiger partial charge < -0.3 is 0 Å². The first-order valence-electron chi connectivity index (χ1n) is 3.50. The summed E-state index contributed by atoms with van der Waals surface area (Å²) in [5, 5.41) is 5.49. The highest BCUT2D eigenvalue weighted by molar-refractivity contribution is 7.12. The molecule has 0 aliphatic carbocycles. The maximum absolute atomic E-state index is 10.5. The van der Waals surface area contributed by atoms with E-state index in [1.54, 1.807) is 12.3 Å². The van der Waals surface area contributed by atoms with E-state index in [4.69, 9.17) is 5.84 Å². The molecule has 0 radical (unpaired) electrons. The Hall–Kier alpha value is -1.40. The third-order valence-electron chi connectivity index (χ3n) is 1.26. The van der Waals surface area contributed by atoms with Crippen LogP contribution in [0.25, 0.3) is 0 Å². The van der Waals surface area contributed by atoms with Crippen LogP contribution < -0.4 is 11.3 Å². The molecule has 0 spiro atoms. The summed E-state index contributed by atoms with van der Waals surface area (Å²) in [7, 11) is 0. The number of amides is 1. The number of rotatable bonds is 2. The molecule has 13 heavy (non-hydrogen) atoms. The van der Waals surface area contributed by atoms with Gasteiger partial charge in [-0.3, -0.25) is 10.3 Å². The molecule has 1 aromatic rings. The Morgan fingerprint density at radius 2 is 2.54 bits per heavy atom. The summed E-state index contributed by atoms with van der Waals surface area (Å²) in [6.07, 6.45) is -0.782. The number of thiophene rings is 1. The minimum atomic E-state index is -0.782. The molecule has 0 aliphatic rings. The number of carbonyl (C=O) groups excluding carboxylic acids is 1. The van der Waals surface area contributed by atoms with E-state index in [-0.39, 0.29) is 0 Å². The van der Waals surface area contributed by atoms with Crippen molar-refractivity contribution in [2.45, 2.75) is 6.92 Å². The summed E-state index contributed by atoms with van der Waals surface area (Å²) in [6.45, 7) is 1.75. The molecule has 0 atom stereocenters. The molecule has 1 amide bonds. The van der Waals surface area contributed by atoms with Crippen LogP contribution in [0.15, 0.2) is 22.7 Å². The smallest absolute Gasteiger partial charge is 0.297 e. The number of hydrogen-bond donors (Lipinski definition) is 2. The van der Waals surface area contributed by atoms with Crippen molar-refractivity contribution in [3.8, 4) is 0 Å². The maximum Gasteiger partial charge on any atom is 0.447 e. The lowest BCUT2D eigenvalue weighted by atomic mass is 10.3. The molecule has 1 rings (SSSR count). The summed E-state index contributed by atoms with van der Waals surface area (Å²) in [4.78, 5) is 15.9. The third-order valence-corrected chi connectivity index (χ3v) is 2.24. The summed E-state index contributed by atoms with van der Waals surface area (Å²) < 4.78 is 0. The number of nitrogens with one attached hydrogen (secondary N) is 1. The van der Waals surface area contributed by atoms with Crippen molar-refractivity contribution in [1.82, 2.24) is 5.43 Å². The highest BCUT2D eigenvalue weighted by Gasteiger charge is 2.00. The van der Waals surface area contributed by atoms with Crippen LogP contribution in [-0.2, 0) is 4.84 Å². The quantitative estimate of drug-likeness (QED) is 0.246. The van der Waals surface area contributed by atoms with E-state index in [2.05, 4.69) is 9.99 Å². The molecule has 0 bridgehead atoms. The van der Waals surface area contributed by atoms with Crippen LogP contribution in [0.1, 0.15) is 11.8 Å². The van der Waals surface area contributed by atoms with Crippen molar-refractivity contribution in [3.05, 3.63) is 22.4 Å². The monoisotopic (exact) mass is 199 g/mol. The lowest BCUT2D eigenvalue weighted by Gasteiger charge is -1.96. The van der Waals surface area contributed by atoms with E-state index >= 15 is 0 Å². The Labute approximate surface area is 79.2 Å². The molecule has 0 saturated heterocycles. The van der Waals surface area contributed by atoms with Crippen molar-refractivity contribution >= 4 is 23.1 Å². The molecule has 1 heterocycles. The van der Waals surface area contributed by atoms with Gasteiger partial charge in [-0.25, -0.2) is 10.6 Å². The summed E-state index contributed by atoms with van der Waals surface area (Å²) in [5.41, 5.74) is 2.44. The standard InChI is InChI=1S/C7H9N3O2S/c1-5(6-3-2-4-13-6)10-12-7(11)9-8/h2-4H,8H2,1H3,(H,9,11). The Bertz CT molecular complexity index is 308. The van der Waals surface area contributed by atoms with Crippen molar-refractivity contribution < 1.29 is 9.63 Å². The van der Waals surface area contributed by atoms with Gasteiger partial charge in [0, 0.05) is 0 Å². The van der Waals surface area contributed by atoms with E-state index < -0.39 is 6.09 Å². The summed E-state index contributed by atoms with van der Waals surface area (Å²) >= 11 is 1.52. The van der Waals surface area contributed by atoms with E-state index in [9.17, 15) is 4.79 Å². The number of carbonyl (C=O) groups is 1. The normalized spacial score (nSPS) is 11.1. The van der Waals surface area contributed by atoms with Crippen molar-refractivity contribution in [3.63, 3.8) is 0 Å². The summed E-state index contributed by atoms with van der Waals surface area (Å²) in [5.74, 6) is 4.79. The third kappa shape index (κ3) is 2.85. The van der Waals surface area contributed by atoms with Crippen LogP contribution in [0.5, 0.6) is 0 Å². The number of nitrogens with two attached hydrogens (primary N) is 1. The minimum Gasteiger partial charge on any atom is -0.297 e. The van der Waals surface area contributed by atoms with Crippen LogP contribution in [-0.4, -0.2) is 11.8 Å². The van der Waals surface area contributed by atoms with E-state index in [1.807, 2.05) is 17.5 Å². The Morgan fingerprint density at radius 1 is 1.77 bits per heavy atom. The Morgan fingerprint density at radius 3 is 3.08 bits per heavy atom. The molecule has 0 aromatic carbocycles. The van der Waals surface area contributed by atoms with Gasteiger partial charge in [-0.15, -0.1) is 11.3 Å². The minimum absolute atomic E-state index is 0.638. The number of hydrogen-bond acceptors (Lipinski definition) is 5. The summed E-state index contributed by atoms with van der Waals surface area (Å²) in [6, 6.07) is 3.77. The van der Waals surface area contributed by atoms with Gasteiger partial charge in [0.05, 0.1) is 10.6 Å².